The summed E-state index contributed by atoms with van der Waals surface area (Å²) in [6.45, 7) is 0. The Kier molecular flexibility index (Phi) is 3.41. The van der Waals surface area contributed by atoms with Crippen LogP contribution in [0.4, 0.5) is 8.78 Å². The van der Waals surface area contributed by atoms with Crippen molar-refractivity contribution in [3.05, 3.63) is 65.5 Å². The van der Waals surface area contributed by atoms with Gasteiger partial charge in [0.2, 0.25) is 0 Å². The molecule has 2 rings (SSSR count). The van der Waals surface area contributed by atoms with E-state index < -0.39 is 17.7 Å². The van der Waals surface area contributed by atoms with Crippen LogP contribution in [0.3, 0.4) is 0 Å². The van der Waals surface area contributed by atoms with Crippen molar-refractivity contribution < 1.29 is 8.78 Å². The minimum Gasteiger partial charge on any atom is -0.271 e. The van der Waals surface area contributed by atoms with Gasteiger partial charge in [-0.05, 0) is 23.8 Å². The second-order valence-electron chi connectivity index (χ2n) is 3.55. The van der Waals surface area contributed by atoms with E-state index in [-0.39, 0.29) is 0 Å². The lowest BCUT2D eigenvalue weighted by Gasteiger charge is -2.17. The van der Waals surface area contributed by atoms with Gasteiger partial charge in [0.25, 0.3) is 0 Å². The van der Waals surface area contributed by atoms with E-state index in [0.717, 1.165) is 6.20 Å². The maximum atomic E-state index is 13.6. The zero-order valence-electron chi connectivity index (χ0n) is 8.90. The number of pyridine rings is 1. The van der Waals surface area contributed by atoms with Gasteiger partial charge in [0.15, 0.2) is 0 Å². The molecular formula is C12H11F2N3. The van der Waals surface area contributed by atoms with Crippen molar-refractivity contribution in [1.82, 2.24) is 10.4 Å². The van der Waals surface area contributed by atoms with Gasteiger partial charge in [-0.15, -0.1) is 0 Å². The number of hydrogen-bond donors (Lipinski definition) is 2. The first-order chi connectivity index (χ1) is 8.22. The quantitative estimate of drug-likeness (QED) is 0.631. The van der Waals surface area contributed by atoms with Crippen LogP contribution in [-0.4, -0.2) is 4.98 Å². The van der Waals surface area contributed by atoms with Gasteiger partial charge in [-0.1, -0.05) is 12.1 Å². The van der Waals surface area contributed by atoms with Crippen LogP contribution >= 0.6 is 0 Å². The smallest absolute Gasteiger partial charge is 0.146 e. The highest BCUT2D eigenvalue weighted by Gasteiger charge is 2.16. The Bertz CT molecular complexity index is 517. The third-order valence-corrected chi connectivity index (χ3v) is 2.46. The van der Waals surface area contributed by atoms with Crippen LogP contribution in [0.2, 0.25) is 0 Å². The zero-order valence-corrected chi connectivity index (χ0v) is 8.90. The van der Waals surface area contributed by atoms with Crippen LogP contribution in [-0.2, 0) is 0 Å². The van der Waals surface area contributed by atoms with E-state index in [4.69, 9.17) is 5.84 Å². The molecule has 0 aliphatic carbocycles. The van der Waals surface area contributed by atoms with Crippen molar-refractivity contribution in [3.8, 4) is 0 Å². The summed E-state index contributed by atoms with van der Waals surface area (Å²) >= 11 is 0. The fourth-order valence-electron chi connectivity index (χ4n) is 1.67. The number of nitrogens with one attached hydrogen (secondary N) is 1. The van der Waals surface area contributed by atoms with Crippen LogP contribution in [0.5, 0.6) is 0 Å². The number of rotatable bonds is 3. The largest absolute Gasteiger partial charge is 0.271 e. The first kappa shape index (κ1) is 11.6. The first-order valence-electron chi connectivity index (χ1n) is 5.03. The standard InChI is InChI=1S/C12H11F2N3/c13-9-3-1-2-8(6-9)12(17-15)10-4-5-16-7-11(10)14/h1-7,12,17H,15H2. The van der Waals surface area contributed by atoms with Crippen LogP contribution in [0.1, 0.15) is 17.2 Å². The Hall–Kier alpha value is -1.85. The Morgan fingerprint density at radius 3 is 2.71 bits per heavy atom. The van der Waals surface area contributed by atoms with Crippen LogP contribution < -0.4 is 11.3 Å². The number of hydrogen-bond acceptors (Lipinski definition) is 3. The minimum atomic E-state index is -0.603. The molecule has 0 radical (unpaired) electrons. The Morgan fingerprint density at radius 1 is 1.24 bits per heavy atom. The number of halogens is 2. The summed E-state index contributed by atoms with van der Waals surface area (Å²) in [5, 5.41) is 0. The molecule has 0 fully saturated rings. The van der Waals surface area contributed by atoms with E-state index >= 15 is 0 Å². The second kappa shape index (κ2) is 4.99. The van der Waals surface area contributed by atoms with Gasteiger partial charge in [0.1, 0.15) is 11.6 Å². The van der Waals surface area contributed by atoms with Crippen LogP contribution in [0.25, 0.3) is 0 Å². The van der Waals surface area contributed by atoms with Crippen molar-refractivity contribution >= 4 is 0 Å². The molecule has 0 saturated heterocycles. The molecule has 1 aromatic carbocycles. The van der Waals surface area contributed by atoms with E-state index in [1.54, 1.807) is 12.1 Å². The molecule has 0 spiro atoms. The molecule has 0 aliphatic rings. The van der Waals surface area contributed by atoms with Gasteiger partial charge in [0, 0.05) is 11.8 Å². The van der Waals surface area contributed by atoms with Crippen molar-refractivity contribution in [3.63, 3.8) is 0 Å². The Labute approximate surface area is 97.3 Å². The van der Waals surface area contributed by atoms with Gasteiger partial charge >= 0.3 is 0 Å². The monoisotopic (exact) mass is 235 g/mol. The molecule has 0 bridgehead atoms. The summed E-state index contributed by atoms with van der Waals surface area (Å²) in [5.41, 5.74) is 3.35. The summed E-state index contributed by atoms with van der Waals surface area (Å²) in [6.07, 6.45) is 2.56. The summed E-state index contributed by atoms with van der Waals surface area (Å²) in [5.74, 6) is 4.52. The molecule has 1 heterocycles. The van der Waals surface area contributed by atoms with Gasteiger partial charge in [-0.25, -0.2) is 14.2 Å². The molecule has 0 aliphatic heterocycles. The van der Waals surface area contributed by atoms with E-state index in [2.05, 4.69) is 10.4 Å². The highest BCUT2D eigenvalue weighted by atomic mass is 19.1. The second-order valence-corrected chi connectivity index (χ2v) is 3.55. The number of benzene rings is 1. The molecular weight excluding hydrogens is 224 g/mol. The number of nitrogens with zero attached hydrogens (tertiary/aromatic N) is 1. The molecule has 1 atom stereocenters. The molecule has 3 N–H and O–H groups in total. The lowest BCUT2D eigenvalue weighted by atomic mass is 10.00. The first-order valence-corrected chi connectivity index (χ1v) is 5.03. The highest BCUT2D eigenvalue weighted by Crippen LogP contribution is 2.23. The third kappa shape index (κ3) is 2.46. The predicted molar refractivity (Wildman–Crippen MR) is 59.8 cm³/mol. The van der Waals surface area contributed by atoms with E-state index in [9.17, 15) is 8.78 Å². The lowest BCUT2D eigenvalue weighted by Crippen LogP contribution is -2.29. The molecule has 1 aromatic heterocycles. The molecule has 5 heteroatoms. The minimum absolute atomic E-state index is 0.327. The average Bonchev–Trinajstić information content (AvgIpc) is 2.33. The van der Waals surface area contributed by atoms with Gasteiger partial charge in [0.05, 0.1) is 12.2 Å². The van der Waals surface area contributed by atoms with E-state index in [1.165, 1.54) is 24.4 Å². The summed E-state index contributed by atoms with van der Waals surface area (Å²) < 4.78 is 26.7. The Morgan fingerprint density at radius 2 is 2.06 bits per heavy atom. The van der Waals surface area contributed by atoms with Crippen molar-refractivity contribution in [2.45, 2.75) is 6.04 Å². The third-order valence-electron chi connectivity index (χ3n) is 2.46. The fourth-order valence-corrected chi connectivity index (χ4v) is 1.67. The van der Waals surface area contributed by atoms with E-state index in [1.807, 2.05) is 0 Å². The molecule has 2 aromatic rings. The number of aromatic nitrogens is 1. The van der Waals surface area contributed by atoms with Crippen LogP contribution in [0.15, 0.2) is 42.7 Å². The lowest BCUT2D eigenvalue weighted by molar-refractivity contribution is 0.551. The maximum Gasteiger partial charge on any atom is 0.146 e. The SMILES string of the molecule is NNC(c1cccc(F)c1)c1ccncc1F. The van der Waals surface area contributed by atoms with Crippen molar-refractivity contribution in [2.24, 2.45) is 5.84 Å². The van der Waals surface area contributed by atoms with Gasteiger partial charge in [-0.2, -0.15) is 0 Å². The molecule has 0 saturated carbocycles. The zero-order chi connectivity index (χ0) is 12.3. The van der Waals surface area contributed by atoms with Crippen LogP contribution in [0, 0.1) is 11.6 Å². The molecule has 88 valence electrons. The number of hydrazine groups is 1. The number of nitrogens with two attached hydrogens (primary N) is 1. The van der Waals surface area contributed by atoms with Crippen molar-refractivity contribution in [2.75, 3.05) is 0 Å². The van der Waals surface area contributed by atoms with Gasteiger partial charge in [-0.3, -0.25) is 10.8 Å². The Balaban J connectivity index is 2.44. The highest BCUT2D eigenvalue weighted by molar-refractivity contribution is 5.31. The molecule has 3 nitrogen and oxygen atoms in total. The predicted octanol–water partition coefficient (Wildman–Crippen LogP) is 1.91. The normalized spacial score (nSPS) is 12.4. The summed E-state index contributed by atoms with van der Waals surface area (Å²) in [6, 6.07) is 6.75. The maximum absolute atomic E-state index is 13.6. The summed E-state index contributed by atoms with van der Waals surface area (Å²) in [7, 11) is 0. The molecule has 17 heavy (non-hydrogen) atoms. The summed E-state index contributed by atoms with van der Waals surface area (Å²) in [4.78, 5) is 3.66. The van der Waals surface area contributed by atoms with Crippen molar-refractivity contribution in [1.29, 1.82) is 0 Å². The van der Waals surface area contributed by atoms with E-state index in [0.29, 0.717) is 11.1 Å². The van der Waals surface area contributed by atoms with Gasteiger partial charge < -0.3 is 0 Å². The molecule has 1 unspecified atom stereocenters. The molecule has 0 amide bonds. The topological polar surface area (TPSA) is 50.9 Å². The average molecular weight is 235 g/mol. The fraction of sp³-hybridized carbons (Fsp3) is 0.0833.